The van der Waals surface area contributed by atoms with Crippen LogP contribution in [0.2, 0.25) is 0 Å². The van der Waals surface area contributed by atoms with Gasteiger partial charge in [-0.05, 0) is 36.8 Å². The highest BCUT2D eigenvalue weighted by Gasteiger charge is 2.16. The van der Waals surface area contributed by atoms with Gasteiger partial charge in [-0.25, -0.2) is 0 Å². The Hall–Kier alpha value is -2.10. The minimum atomic E-state index is -0.102. The van der Waals surface area contributed by atoms with Gasteiger partial charge in [-0.3, -0.25) is 9.48 Å². The van der Waals surface area contributed by atoms with Crippen LogP contribution in [0.3, 0.4) is 0 Å². The molecule has 1 amide bonds. The van der Waals surface area contributed by atoms with E-state index in [1.807, 2.05) is 46.0 Å². The van der Waals surface area contributed by atoms with Gasteiger partial charge in [-0.2, -0.15) is 5.10 Å². The molecular formula is C20H31N3O. The van der Waals surface area contributed by atoms with Crippen LogP contribution in [-0.2, 0) is 7.05 Å². The highest BCUT2D eigenvalue weighted by Crippen LogP contribution is 2.29. The van der Waals surface area contributed by atoms with E-state index in [-0.39, 0.29) is 5.91 Å². The monoisotopic (exact) mass is 329 g/mol. The molecule has 0 saturated carbocycles. The smallest absolute Gasteiger partial charge is 0.259 e. The van der Waals surface area contributed by atoms with Gasteiger partial charge in [0.25, 0.3) is 5.91 Å². The van der Waals surface area contributed by atoms with Crippen LogP contribution in [0.1, 0.15) is 68.6 Å². The number of amides is 1. The number of nitrogens with zero attached hydrogens (tertiary/aromatic N) is 2. The average Bonchev–Trinajstić information content (AvgIpc) is 2.88. The van der Waals surface area contributed by atoms with Gasteiger partial charge in [0.1, 0.15) is 0 Å². The van der Waals surface area contributed by atoms with Gasteiger partial charge in [0, 0.05) is 18.9 Å². The molecule has 1 aromatic heterocycles. The molecule has 0 saturated heterocycles. The van der Waals surface area contributed by atoms with E-state index in [0.717, 1.165) is 17.8 Å². The van der Waals surface area contributed by atoms with Crippen molar-refractivity contribution in [1.82, 2.24) is 9.78 Å². The van der Waals surface area contributed by atoms with Gasteiger partial charge in [0.2, 0.25) is 0 Å². The molecule has 1 unspecified atom stereocenters. The Bertz CT molecular complexity index is 659. The fourth-order valence-electron chi connectivity index (χ4n) is 2.89. The Kier molecular flexibility index (Phi) is 7.69. The third kappa shape index (κ3) is 5.22. The van der Waals surface area contributed by atoms with E-state index >= 15 is 0 Å². The largest absolute Gasteiger partial charge is 0.322 e. The Morgan fingerprint density at radius 3 is 2.38 bits per heavy atom. The van der Waals surface area contributed by atoms with E-state index in [2.05, 4.69) is 37.3 Å². The lowest BCUT2D eigenvalue weighted by Gasteiger charge is -2.18. The van der Waals surface area contributed by atoms with E-state index in [1.165, 1.54) is 5.56 Å². The first-order chi connectivity index (χ1) is 11.4. The fraction of sp³-hybridized carbons (Fsp3) is 0.500. The van der Waals surface area contributed by atoms with Crippen molar-refractivity contribution in [3.05, 3.63) is 47.3 Å². The summed E-state index contributed by atoms with van der Waals surface area (Å²) >= 11 is 0. The van der Waals surface area contributed by atoms with Crippen molar-refractivity contribution in [2.45, 2.75) is 53.9 Å². The maximum absolute atomic E-state index is 12.5. The molecule has 0 aliphatic rings. The normalized spacial score (nSPS) is 11.7. The Labute approximate surface area is 146 Å². The second kappa shape index (κ2) is 9.26. The van der Waals surface area contributed by atoms with Crippen molar-refractivity contribution in [2.24, 2.45) is 13.0 Å². The summed E-state index contributed by atoms with van der Waals surface area (Å²) in [5.41, 5.74) is 3.44. The standard InChI is InChI=1S/C18H25N3O.C2H6/c1-12(2)10-13(3)15-8-6-7-9-17(15)19-18(22)16-11-21(5)20-14(16)4;1-2/h6-9,11-13H,10H2,1-5H3,(H,19,22);1-2H3. The van der Waals surface area contributed by atoms with Crippen LogP contribution in [0, 0.1) is 12.8 Å². The number of aromatic nitrogens is 2. The second-order valence-electron chi connectivity index (χ2n) is 6.37. The molecule has 2 rings (SSSR count). The summed E-state index contributed by atoms with van der Waals surface area (Å²) in [4.78, 5) is 12.5. The number of carbonyl (C=O) groups is 1. The first-order valence-electron chi connectivity index (χ1n) is 8.79. The Morgan fingerprint density at radius 1 is 1.21 bits per heavy atom. The third-order valence-electron chi connectivity index (χ3n) is 3.82. The Morgan fingerprint density at radius 2 is 1.83 bits per heavy atom. The molecule has 2 aromatic rings. The van der Waals surface area contributed by atoms with Crippen LogP contribution >= 0.6 is 0 Å². The molecule has 1 N–H and O–H groups in total. The molecule has 1 atom stereocenters. The number of hydrogen-bond donors (Lipinski definition) is 1. The maximum Gasteiger partial charge on any atom is 0.259 e. The minimum Gasteiger partial charge on any atom is -0.322 e. The van der Waals surface area contributed by atoms with Crippen molar-refractivity contribution in [2.75, 3.05) is 5.32 Å². The summed E-state index contributed by atoms with van der Waals surface area (Å²) in [6.07, 6.45) is 2.85. The molecule has 1 heterocycles. The van der Waals surface area contributed by atoms with Crippen LogP contribution in [-0.4, -0.2) is 15.7 Å². The fourth-order valence-corrected chi connectivity index (χ4v) is 2.89. The lowest BCUT2D eigenvalue weighted by atomic mass is 9.91. The topological polar surface area (TPSA) is 46.9 Å². The highest BCUT2D eigenvalue weighted by molar-refractivity contribution is 6.05. The number of nitrogens with one attached hydrogen (secondary N) is 1. The van der Waals surface area contributed by atoms with Gasteiger partial charge in [-0.15, -0.1) is 0 Å². The summed E-state index contributed by atoms with van der Waals surface area (Å²) < 4.78 is 1.66. The summed E-state index contributed by atoms with van der Waals surface area (Å²) in [6.45, 7) is 12.5. The molecule has 0 radical (unpaired) electrons. The van der Waals surface area contributed by atoms with Crippen molar-refractivity contribution in [1.29, 1.82) is 0 Å². The lowest BCUT2D eigenvalue weighted by Crippen LogP contribution is -2.14. The summed E-state index contributed by atoms with van der Waals surface area (Å²) in [6, 6.07) is 8.04. The molecule has 0 bridgehead atoms. The van der Waals surface area contributed by atoms with Gasteiger partial charge in [0.05, 0.1) is 11.3 Å². The molecule has 24 heavy (non-hydrogen) atoms. The molecule has 0 fully saturated rings. The highest BCUT2D eigenvalue weighted by atomic mass is 16.1. The first kappa shape index (κ1) is 19.9. The molecule has 0 aliphatic carbocycles. The van der Waals surface area contributed by atoms with Gasteiger partial charge in [-0.1, -0.05) is 52.8 Å². The number of carbonyl (C=O) groups excluding carboxylic acids is 1. The summed E-state index contributed by atoms with van der Waals surface area (Å²) in [5.74, 6) is 0.931. The van der Waals surface area contributed by atoms with Crippen LogP contribution < -0.4 is 5.32 Å². The summed E-state index contributed by atoms with van der Waals surface area (Å²) in [7, 11) is 1.82. The lowest BCUT2D eigenvalue weighted by molar-refractivity contribution is 0.102. The van der Waals surface area contributed by atoms with Crippen LogP contribution in [0.15, 0.2) is 30.5 Å². The minimum absolute atomic E-state index is 0.102. The zero-order chi connectivity index (χ0) is 18.3. The van der Waals surface area contributed by atoms with Crippen LogP contribution in [0.4, 0.5) is 5.69 Å². The second-order valence-corrected chi connectivity index (χ2v) is 6.37. The van der Waals surface area contributed by atoms with E-state index in [9.17, 15) is 4.79 Å². The molecule has 0 spiro atoms. The van der Waals surface area contributed by atoms with Crippen molar-refractivity contribution in [3.63, 3.8) is 0 Å². The van der Waals surface area contributed by atoms with E-state index < -0.39 is 0 Å². The number of hydrogen-bond acceptors (Lipinski definition) is 2. The molecule has 0 aliphatic heterocycles. The molecule has 4 heteroatoms. The van der Waals surface area contributed by atoms with Gasteiger partial charge >= 0.3 is 0 Å². The molecule has 132 valence electrons. The first-order valence-corrected chi connectivity index (χ1v) is 8.79. The van der Waals surface area contributed by atoms with Gasteiger partial charge in [0.15, 0.2) is 0 Å². The zero-order valence-corrected chi connectivity index (χ0v) is 16.1. The number of anilines is 1. The Balaban J connectivity index is 0.00000139. The van der Waals surface area contributed by atoms with Crippen molar-refractivity contribution in [3.8, 4) is 0 Å². The van der Waals surface area contributed by atoms with E-state index in [4.69, 9.17) is 0 Å². The van der Waals surface area contributed by atoms with Crippen LogP contribution in [0.5, 0.6) is 0 Å². The quantitative estimate of drug-likeness (QED) is 0.824. The summed E-state index contributed by atoms with van der Waals surface area (Å²) in [5, 5.41) is 7.27. The number of para-hydroxylation sites is 1. The van der Waals surface area contributed by atoms with E-state index in [0.29, 0.717) is 17.4 Å². The van der Waals surface area contributed by atoms with Crippen molar-refractivity contribution < 1.29 is 4.79 Å². The zero-order valence-electron chi connectivity index (χ0n) is 16.1. The molecule has 1 aromatic carbocycles. The SMILES string of the molecule is CC.Cc1nn(C)cc1C(=O)Nc1ccccc1C(C)CC(C)C. The average molecular weight is 329 g/mol. The maximum atomic E-state index is 12.5. The number of rotatable bonds is 5. The van der Waals surface area contributed by atoms with Crippen LogP contribution in [0.25, 0.3) is 0 Å². The van der Waals surface area contributed by atoms with Gasteiger partial charge < -0.3 is 5.32 Å². The molecule has 4 nitrogen and oxygen atoms in total. The molecular weight excluding hydrogens is 298 g/mol. The third-order valence-corrected chi connectivity index (χ3v) is 3.82. The predicted octanol–water partition coefficient (Wildman–Crippen LogP) is 5.16. The number of benzene rings is 1. The number of aryl methyl sites for hydroxylation is 2. The van der Waals surface area contributed by atoms with Crippen molar-refractivity contribution >= 4 is 11.6 Å². The predicted molar refractivity (Wildman–Crippen MR) is 102 cm³/mol. The van der Waals surface area contributed by atoms with E-state index in [1.54, 1.807) is 10.9 Å².